The maximum Gasteiger partial charge on any atom is 0.346 e. The van der Waals surface area contributed by atoms with Gasteiger partial charge >= 0.3 is 11.9 Å². The van der Waals surface area contributed by atoms with E-state index in [0.29, 0.717) is 33.2 Å². The first-order valence-electron chi connectivity index (χ1n) is 11.8. The zero-order valence-corrected chi connectivity index (χ0v) is 19.7. The van der Waals surface area contributed by atoms with Gasteiger partial charge in [-0.3, -0.25) is 0 Å². The Morgan fingerprint density at radius 1 is 0.486 bits per heavy atom. The molecule has 0 aliphatic heterocycles. The van der Waals surface area contributed by atoms with E-state index in [9.17, 15) is 9.59 Å². The Morgan fingerprint density at radius 3 is 1.30 bits per heavy atom. The highest BCUT2D eigenvalue weighted by molar-refractivity contribution is 6.13. The molecule has 4 aromatic carbocycles. The van der Waals surface area contributed by atoms with E-state index in [1.807, 2.05) is 97.1 Å². The number of hydrogen-bond acceptors (Lipinski definition) is 5. The van der Waals surface area contributed by atoms with E-state index >= 15 is 0 Å². The van der Waals surface area contributed by atoms with Crippen molar-refractivity contribution in [3.63, 3.8) is 0 Å². The van der Waals surface area contributed by atoms with Crippen LogP contribution in [0.15, 0.2) is 121 Å². The second-order valence-electron chi connectivity index (χ2n) is 8.55. The van der Waals surface area contributed by atoms with E-state index in [1.165, 1.54) is 0 Å². The molecule has 37 heavy (non-hydrogen) atoms. The van der Waals surface area contributed by atoms with Gasteiger partial charge in [-0.15, -0.1) is 0 Å². The van der Waals surface area contributed by atoms with Crippen molar-refractivity contribution in [2.75, 3.05) is 0 Å². The number of hydrogen-bond donors (Lipinski definition) is 0. The predicted octanol–water partition coefficient (Wildman–Crippen LogP) is 7.11. The number of pyridine rings is 2. The van der Waals surface area contributed by atoms with Gasteiger partial charge in [0.15, 0.2) is 0 Å². The van der Waals surface area contributed by atoms with Crippen molar-refractivity contribution in [3.8, 4) is 22.5 Å². The molecule has 6 rings (SSSR count). The number of para-hydroxylation sites is 2. The molecule has 0 atom stereocenters. The highest BCUT2D eigenvalue weighted by Gasteiger charge is 2.22. The molecule has 2 heterocycles. The summed E-state index contributed by atoms with van der Waals surface area (Å²) in [6.45, 7) is 0. The van der Waals surface area contributed by atoms with Crippen LogP contribution in [0.25, 0.3) is 44.3 Å². The average Bonchev–Trinajstić information content (AvgIpc) is 2.96. The van der Waals surface area contributed by atoms with Crippen molar-refractivity contribution in [1.82, 2.24) is 9.97 Å². The molecule has 6 aromatic rings. The summed E-state index contributed by atoms with van der Waals surface area (Å²) in [5.41, 5.74) is 4.81. The first-order chi connectivity index (χ1) is 18.2. The molecule has 5 heteroatoms. The van der Waals surface area contributed by atoms with Gasteiger partial charge in [0, 0.05) is 21.9 Å². The van der Waals surface area contributed by atoms with Gasteiger partial charge in [-0.1, -0.05) is 97.1 Å². The lowest BCUT2D eigenvalue weighted by molar-refractivity contribution is 0.0400. The van der Waals surface area contributed by atoms with Crippen molar-refractivity contribution < 1.29 is 14.3 Å². The van der Waals surface area contributed by atoms with Gasteiger partial charge in [0.1, 0.15) is 0 Å². The fourth-order valence-corrected chi connectivity index (χ4v) is 4.40. The van der Waals surface area contributed by atoms with Crippen molar-refractivity contribution in [2.24, 2.45) is 0 Å². The van der Waals surface area contributed by atoms with Gasteiger partial charge in [-0.05, 0) is 24.3 Å². The number of aromatic nitrogens is 2. The number of fused-ring (bicyclic) bond motifs is 2. The number of benzene rings is 4. The van der Waals surface area contributed by atoms with Crippen LogP contribution in [-0.4, -0.2) is 21.9 Å². The monoisotopic (exact) mass is 480 g/mol. The Balaban J connectivity index is 1.42. The van der Waals surface area contributed by atoms with Gasteiger partial charge in [0.2, 0.25) is 0 Å². The molecule has 0 amide bonds. The zero-order valence-electron chi connectivity index (χ0n) is 19.7. The number of ether oxygens (including phenoxy) is 1. The molecule has 0 aliphatic rings. The van der Waals surface area contributed by atoms with Crippen LogP contribution in [-0.2, 0) is 4.74 Å². The fourth-order valence-electron chi connectivity index (χ4n) is 4.40. The summed E-state index contributed by atoms with van der Waals surface area (Å²) in [5.74, 6) is -1.47. The summed E-state index contributed by atoms with van der Waals surface area (Å²) in [4.78, 5) is 36.3. The van der Waals surface area contributed by atoms with Crippen molar-refractivity contribution in [1.29, 1.82) is 0 Å². The van der Waals surface area contributed by atoms with E-state index in [0.717, 1.165) is 11.1 Å². The van der Waals surface area contributed by atoms with Crippen molar-refractivity contribution >= 4 is 33.7 Å². The lowest BCUT2D eigenvalue weighted by Gasteiger charge is -2.11. The SMILES string of the molecule is O=C(OC(=O)c1cc(-c2ccccc2)nc2ccccc12)c1cc(-c2ccccc2)nc2ccccc12. The molecule has 0 unspecified atom stereocenters. The predicted molar refractivity (Wildman–Crippen MR) is 144 cm³/mol. The molecule has 0 saturated heterocycles. The zero-order chi connectivity index (χ0) is 25.2. The highest BCUT2D eigenvalue weighted by Crippen LogP contribution is 2.28. The lowest BCUT2D eigenvalue weighted by Crippen LogP contribution is -2.14. The average molecular weight is 481 g/mol. The minimum atomic E-state index is -0.733. The molecular formula is C32H20N2O3. The van der Waals surface area contributed by atoms with E-state index in [2.05, 4.69) is 0 Å². The van der Waals surface area contributed by atoms with E-state index in [1.54, 1.807) is 24.3 Å². The van der Waals surface area contributed by atoms with Crippen LogP contribution in [0.5, 0.6) is 0 Å². The number of nitrogens with zero attached hydrogens (tertiary/aromatic N) is 2. The summed E-state index contributed by atoms with van der Waals surface area (Å²) >= 11 is 0. The van der Waals surface area contributed by atoms with Crippen molar-refractivity contribution in [3.05, 3.63) is 132 Å². The van der Waals surface area contributed by atoms with Gasteiger partial charge in [0.05, 0.1) is 33.5 Å². The molecule has 2 aromatic heterocycles. The highest BCUT2D eigenvalue weighted by atomic mass is 16.6. The minimum Gasteiger partial charge on any atom is -0.386 e. The van der Waals surface area contributed by atoms with Crippen LogP contribution < -0.4 is 0 Å². The third kappa shape index (κ3) is 4.34. The molecule has 176 valence electrons. The molecule has 0 saturated carbocycles. The minimum absolute atomic E-state index is 0.277. The van der Waals surface area contributed by atoms with Crippen LogP contribution in [0.1, 0.15) is 20.7 Å². The molecule has 0 spiro atoms. The number of rotatable bonds is 4. The molecule has 0 radical (unpaired) electrons. The second kappa shape index (κ2) is 9.47. The van der Waals surface area contributed by atoms with E-state index in [4.69, 9.17) is 14.7 Å². The summed E-state index contributed by atoms with van der Waals surface area (Å²) in [6.07, 6.45) is 0. The van der Waals surface area contributed by atoms with Crippen LogP contribution in [0, 0.1) is 0 Å². The Bertz CT molecular complexity index is 1650. The lowest BCUT2D eigenvalue weighted by atomic mass is 10.0. The molecule has 0 N–H and O–H groups in total. The summed E-state index contributed by atoms with van der Waals surface area (Å²) in [7, 11) is 0. The standard InChI is InChI=1S/C32H20N2O3/c35-31(25-19-29(21-11-3-1-4-12-21)33-27-17-9-7-15-23(25)27)37-32(36)26-20-30(22-13-5-2-6-14-22)34-28-18-10-8-16-24(26)28/h1-20H. The van der Waals surface area contributed by atoms with Gasteiger partial charge in [-0.2, -0.15) is 0 Å². The summed E-state index contributed by atoms with van der Waals surface area (Å²) in [6, 6.07) is 37.2. The Hall–Kier alpha value is -5.16. The number of esters is 2. The first-order valence-corrected chi connectivity index (χ1v) is 11.8. The smallest absolute Gasteiger partial charge is 0.346 e. The Kier molecular flexibility index (Phi) is 5.71. The quantitative estimate of drug-likeness (QED) is 0.199. The summed E-state index contributed by atoms with van der Waals surface area (Å²) < 4.78 is 5.49. The molecule has 5 nitrogen and oxygen atoms in total. The fraction of sp³-hybridized carbons (Fsp3) is 0. The van der Waals surface area contributed by atoms with Gasteiger partial charge in [0.25, 0.3) is 0 Å². The largest absolute Gasteiger partial charge is 0.386 e. The molecule has 0 bridgehead atoms. The van der Waals surface area contributed by atoms with Crippen LogP contribution in [0.2, 0.25) is 0 Å². The Labute approximate surface area is 213 Å². The van der Waals surface area contributed by atoms with Gasteiger partial charge < -0.3 is 4.74 Å². The maximum atomic E-state index is 13.4. The van der Waals surface area contributed by atoms with Crippen LogP contribution in [0.4, 0.5) is 0 Å². The molecular weight excluding hydrogens is 460 g/mol. The summed E-state index contributed by atoms with van der Waals surface area (Å²) in [5, 5.41) is 1.23. The maximum absolute atomic E-state index is 13.4. The second-order valence-corrected chi connectivity index (χ2v) is 8.55. The van der Waals surface area contributed by atoms with Crippen molar-refractivity contribution in [2.45, 2.75) is 0 Å². The topological polar surface area (TPSA) is 69.2 Å². The van der Waals surface area contributed by atoms with Crippen LogP contribution >= 0.6 is 0 Å². The van der Waals surface area contributed by atoms with E-state index in [-0.39, 0.29) is 11.1 Å². The number of carbonyl (C=O) groups excluding carboxylic acids is 2. The normalized spacial score (nSPS) is 10.9. The third-order valence-corrected chi connectivity index (χ3v) is 6.20. The Morgan fingerprint density at radius 2 is 0.865 bits per heavy atom. The third-order valence-electron chi connectivity index (χ3n) is 6.20. The first kappa shape index (κ1) is 22.3. The number of carbonyl (C=O) groups is 2. The van der Waals surface area contributed by atoms with E-state index < -0.39 is 11.9 Å². The van der Waals surface area contributed by atoms with Crippen LogP contribution in [0.3, 0.4) is 0 Å². The molecule has 0 aliphatic carbocycles. The molecule has 0 fully saturated rings. The van der Waals surface area contributed by atoms with Gasteiger partial charge in [-0.25, -0.2) is 19.6 Å².